The minimum atomic E-state index is -0.968. The van der Waals surface area contributed by atoms with Crippen molar-refractivity contribution in [3.05, 3.63) is 90.3 Å². The van der Waals surface area contributed by atoms with E-state index in [1.54, 1.807) is 12.1 Å². The van der Waals surface area contributed by atoms with Crippen LogP contribution in [0.4, 0.5) is 11.5 Å². The third kappa shape index (κ3) is 5.85. The van der Waals surface area contributed by atoms with Crippen LogP contribution in [0, 0.1) is 0 Å². The summed E-state index contributed by atoms with van der Waals surface area (Å²) in [5.74, 6) is -0.0280. The topological polar surface area (TPSA) is 172 Å². The monoisotopic (exact) mass is 752 g/mol. The minimum Gasteiger partial charge on any atom is -0.457 e. The van der Waals surface area contributed by atoms with Crippen LogP contribution in [0.1, 0.15) is 52.4 Å². The molecule has 0 saturated carbocycles. The fourth-order valence-corrected chi connectivity index (χ4v) is 8.82. The number of aromatic nitrogens is 4. The Morgan fingerprint density at radius 1 is 0.732 bits per heavy atom. The van der Waals surface area contributed by atoms with Crippen LogP contribution in [0.5, 0.6) is 11.5 Å². The Kier molecular flexibility index (Phi) is 8.29. The third-order valence-electron chi connectivity index (χ3n) is 12.0. The number of fused-ring (bicyclic) bond motifs is 2. The lowest BCUT2D eigenvalue weighted by atomic mass is 9.95. The Morgan fingerprint density at radius 2 is 1.45 bits per heavy atom. The van der Waals surface area contributed by atoms with Crippen molar-refractivity contribution in [2.45, 2.75) is 49.9 Å². The number of hydrogen-bond donors (Lipinski definition) is 2. The molecule has 3 aromatic carbocycles. The van der Waals surface area contributed by atoms with Crippen molar-refractivity contribution in [3.63, 3.8) is 0 Å². The molecule has 0 bridgehead atoms. The van der Waals surface area contributed by atoms with Crippen molar-refractivity contribution < 1.29 is 23.9 Å². The molecule has 56 heavy (non-hydrogen) atoms. The molecule has 4 fully saturated rings. The number of nitrogens with two attached hydrogens (primary N) is 1. The average molecular weight is 753 g/mol. The average Bonchev–Trinajstić information content (AvgIpc) is 3.68. The molecule has 1 atom stereocenters. The molecule has 0 spiro atoms. The molecule has 4 amide bonds. The molecule has 0 radical (unpaired) electrons. The molecule has 5 aliphatic heterocycles. The molecule has 2 aromatic heterocycles. The number of nitrogens with zero attached hydrogens (tertiary/aromatic N) is 8. The first kappa shape index (κ1) is 34.3. The zero-order valence-electron chi connectivity index (χ0n) is 30.6. The van der Waals surface area contributed by atoms with Crippen LogP contribution in [0.3, 0.4) is 0 Å². The number of anilines is 2. The van der Waals surface area contributed by atoms with Gasteiger partial charge in [-0.25, -0.2) is 14.6 Å². The molecule has 15 heteroatoms. The SMILES string of the molecule is Nc1ncnc2c1c(-c1ccc(Oc3ccccc3)cc1)nn2C1CCN(C2CN(C3CN(c4ccc5c(c4)C(=O)N([C@@H]4CCC(=O)NC4=O)C5=O)C3)C2)CC1. The van der Waals surface area contributed by atoms with Crippen molar-refractivity contribution in [1.82, 2.24) is 39.8 Å². The highest BCUT2D eigenvalue weighted by atomic mass is 16.5. The Hall–Kier alpha value is -6.19. The van der Waals surface area contributed by atoms with Gasteiger partial charge in [0.2, 0.25) is 11.8 Å². The predicted molar refractivity (Wildman–Crippen MR) is 206 cm³/mol. The van der Waals surface area contributed by atoms with E-state index in [1.165, 1.54) is 6.33 Å². The number of carbonyl (C=O) groups is 4. The summed E-state index contributed by atoms with van der Waals surface area (Å²) in [5.41, 5.74) is 10.4. The molecule has 5 aromatic rings. The van der Waals surface area contributed by atoms with Gasteiger partial charge in [-0.15, -0.1) is 0 Å². The second kappa shape index (κ2) is 13.5. The minimum absolute atomic E-state index is 0.0958. The van der Waals surface area contributed by atoms with E-state index in [4.69, 9.17) is 15.6 Å². The van der Waals surface area contributed by atoms with Crippen LogP contribution in [-0.2, 0) is 9.59 Å². The van der Waals surface area contributed by atoms with Crippen molar-refractivity contribution in [1.29, 1.82) is 0 Å². The third-order valence-corrected chi connectivity index (χ3v) is 12.0. The summed E-state index contributed by atoms with van der Waals surface area (Å²) in [6.45, 7) is 5.67. The van der Waals surface area contributed by atoms with Crippen LogP contribution in [0.25, 0.3) is 22.3 Å². The van der Waals surface area contributed by atoms with Gasteiger partial charge in [0, 0.05) is 69.0 Å². The van der Waals surface area contributed by atoms with Gasteiger partial charge in [0.25, 0.3) is 11.8 Å². The van der Waals surface area contributed by atoms with Crippen LogP contribution >= 0.6 is 0 Å². The predicted octanol–water partition coefficient (Wildman–Crippen LogP) is 3.48. The summed E-state index contributed by atoms with van der Waals surface area (Å²) in [6.07, 6.45) is 3.66. The number of benzene rings is 3. The number of carbonyl (C=O) groups excluding carboxylic acids is 4. The van der Waals surface area contributed by atoms with Crippen molar-refractivity contribution in [2.75, 3.05) is 49.9 Å². The number of para-hydroxylation sites is 1. The molecule has 4 saturated heterocycles. The second-order valence-corrected chi connectivity index (χ2v) is 15.3. The molecule has 10 rings (SSSR count). The van der Waals surface area contributed by atoms with Gasteiger partial charge < -0.3 is 15.4 Å². The van der Waals surface area contributed by atoms with Crippen molar-refractivity contribution in [3.8, 4) is 22.8 Å². The van der Waals surface area contributed by atoms with Gasteiger partial charge >= 0.3 is 0 Å². The van der Waals surface area contributed by atoms with E-state index in [-0.39, 0.29) is 24.8 Å². The first-order valence-corrected chi connectivity index (χ1v) is 19.2. The normalized spacial score (nSPS) is 21.3. The van der Waals surface area contributed by atoms with E-state index in [2.05, 4.69) is 34.7 Å². The lowest BCUT2D eigenvalue weighted by Crippen LogP contribution is -2.70. The maximum atomic E-state index is 13.3. The summed E-state index contributed by atoms with van der Waals surface area (Å²) in [6, 6.07) is 23.0. The number of amides is 4. The van der Waals surface area contributed by atoms with Crippen LogP contribution in [0.15, 0.2) is 79.1 Å². The summed E-state index contributed by atoms with van der Waals surface area (Å²) in [5, 5.41) is 8.12. The van der Waals surface area contributed by atoms with Crippen molar-refractivity contribution in [2.24, 2.45) is 0 Å². The Labute approximate surface area is 322 Å². The lowest BCUT2D eigenvalue weighted by Gasteiger charge is -2.55. The molecule has 5 aliphatic rings. The summed E-state index contributed by atoms with van der Waals surface area (Å²) < 4.78 is 8.05. The standard InChI is InChI=1S/C41H40N10O5/c42-37-35-36(24-6-9-30(10-7-24)56-29-4-2-1-3-5-29)46-51(38(35)44-23-43-37)25-14-16-47(17-15-25)27-19-49(20-27)28-21-48(22-28)26-8-11-31-32(18-26)41(55)50(40(31)54)33-12-13-34(52)45-39(33)53/h1-11,18,23,25,27-28,33H,12-17,19-22H2,(H2,42,43,44)(H,45,52,53)/t33-/m1/s1. The second-order valence-electron chi connectivity index (χ2n) is 15.3. The first-order valence-electron chi connectivity index (χ1n) is 19.2. The quantitative estimate of drug-likeness (QED) is 0.222. The van der Waals surface area contributed by atoms with Crippen LogP contribution < -0.4 is 20.7 Å². The Bertz CT molecular complexity index is 2380. The molecular weight excluding hydrogens is 713 g/mol. The molecule has 7 heterocycles. The smallest absolute Gasteiger partial charge is 0.262 e. The fraction of sp³-hybridized carbons (Fsp3) is 0.341. The van der Waals surface area contributed by atoms with E-state index in [9.17, 15) is 19.2 Å². The zero-order chi connectivity index (χ0) is 38.1. The maximum absolute atomic E-state index is 13.3. The molecule has 0 unspecified atom stereocenters. The number of hydrogen-bond acceptors (Lipinski definition) is 12. The molecule has 3 N–H and O–H groups in total. The number of nitrogen functional groups attached to an aromatic ring is 1. The number of imide groups is 2. The van der Waals surface area contributed by atoms with E-state index in [1.807, 2.05) is 60.7 Å². The molecular formula is C41H40N10O5. The van der Waals surface area contributed by atoms with Crippen LogP contribution in [-0.4, -0.2) is 115 Å². The number of piperidine rings is 2. The summed E-state index contributed by atoms with van der Waals surface area (Å²) in [4.78, 5) is 67.8. The number of rotatable bonds is 8. The highest BCUT2D eigenvalue weighted by molar-refractivity contribution is 6.23. The maximum Gasteiger partial charge on any atom is 0.262 e. The van der Waals surface area contributed by atoms with Gasteiger partial charge in [-0.1, -0.05) is 18.2 Å². The van der Waals surface area contributed by atoms with Gasteiger partial charge in [-0.3, -0.25) is 39.2 Å². The highest BCUT2D eigenvalue weighted by Crippen LogP contribution is 2.37. The van der Waals surface area contributed by atoms with E-state index < -0.39 is 23.8 Å². The lowest BCUT2D eigenvalue weighted by molar-refractivity contribution is -0.136. The molecule has 284 valence electrons. The largest absolute Gasteiger partial charge is 0.457 e. The molecule has 15 nitrogen and oxygen atoms in total. The number of likely N-dealkylation sites (tertiary alicyclic amines) is 2. The first-order chi connectivity index (χ1) is 27.3. The van der Waals surface area contributed by atoms with E-state index in [0.29, 0.717) is 29.0 Å². The number of nitrogens with one attached hydrogen (secondary N) is 1. The van der Waals surface area contributed by atoms with Gasteiger partial charge in [0.1, 0.15) is 35.4 Å². The van der Waals surface area contributed by atoms with Gasteiger partial charge in [-0.2, -0.15) is 5.10 Å². The summed E-state index contributed by atoms with van der Waals surface area (Å²) in [7, 11) is 0. The van der Waals surface area contributed by atoms with E-state index >= 15 is 0 Å². The zero-order valence-corrected chi connectivity index (χ0v) is 30.6. The Balaban J connectivity index is 0.739. The van der Waals surface area contributed by atoms with Gasteiger partial charge in [-0.05, 0) is 73.9 Å². The Morgan fingerprint density at radius 3 is 2.20 bits per heavy atom. The fourth-order valence-electron chi connectivity index (χ4n) is 8.82. The van der Waals surface area contributed by atoms with Crippen molar-refractivity contribution >= 4 is 46.2 Å². The molecule has 0 aliphatic carbocycles. The van der Waals surface area contributed by atoms with E-state index in [0.717, 1.165) is 96.5 Å². The van der Waals surface area contributed by atoms with Gasteiger partial charge in [0.15, 0.2) is 5.65 Å². The van der Waals surface area contributed by atoms with Crippen LogP contribution in [0.2, 0.25) is 0 Å². The number of ether oxygens (including phenoxy) is 1. The summed E-state index contributed by atoms with van der Waals surface area (Å²) >= 11 is 0. The van der Waals surface area contributed by atoms with Gasteiger partial charge in [0.05, 0.1) is 22.6 Å². The highest BCUT2D eigenvalue weighted by Gasteiger charge is 2.46.